The lowest BCUT2D eigenvalue weighted by Crippen LogP contribution is -2.52. The summed E-state index contributed by atoms with van der Waals surface area (Å²) in [5.74, 6) is 5.18. The fourth-order valence-electron chi connectivity index (χ4n) is 8.27. The molecule has 156 valence electrons. The smallest absolute Gasteiger partial charge is 0.165 e. The van der Waals surface area contributed by atoms with Crippen LogP contribution in [0, 0.1) is 46.3 Å². The summed E-state index contributed by atoms with van der Waals surface area (Å²) in [6, 6.07) is 0. The molecular weight excluding hydrogens is 340 g/mol. The largest absolute Gasteiger partial charge is 0.294 e. The summed E-state index contributed by atoms with van der Waals surface area (Å²) < 4.78 is 0. The second-order valence-corrected chi connectivity index (χ2v) is 11.6. The van der Waals surface area contributed by atoms with Gasteiger partial charge in [0.1, 0.15) is 0 Å². The highest BCUT2D eigenvalue weighted by molar-refractivity contribution is 5.99. The van der Waals surface area contributed by atoms with Gasteiger partial charge >= 0.3 is 0 Å². The van der Waals surface area contributed by atoms with E-state index in [4.69, 9.17) is 0 Å². The van der Waals surface area contributed by atoms with Gasteiger partial charge in [0, 0.05) is 0 Å². The standard InChI is InChI=1S/C27H42O/c1-18(2)8-6-9-19(3)22-14-15-23-21-13-12-20-10-7-11-25(28)27(20,5)24(21)16-17-26(22,23)4/h7,10-11,18-19,21-24H,6,8-9,12-17H2,1-5H3/t19-,21+,22-,23+,24+,26-,27+/m1/s1. The lowest BCUT2D eigenvalue weighted by atomic mass is 9.46. The quantitative estimate of drug-likeness (QED) is 0.485. The first-order chi connectivity index (χ1) is 13.3. The van der Waals surface area contributed by atoms with Crippen LogP contribution in [0.5, 0.6) is 0 Å². The van der Waals surface area contributed by atoms with Crippen molar-refractivity contribution in [3.05, 3.63) is 23.8 Å². The van der Waals surface area contributed by atoms with Gasteiger partial charge < -0.3 is 0 Å². The molecule has 0 radical (unpaired) electrons. The molecule has 3 saturated carbocycles. The predicted octanol–water partition coefficient (Wildman–Crippen LogP) is 7.37. The summed E-state index contributed by atoms with van der Waals surface area (Å²) >= 11 is 0. The van der Waals surface area contributed by atoms with Crippen molar-refractivity contribution in [1.29, 1.82) is 0 Å². The van der Waals surface area contributed by atoms with E-state index in [-0.39, 0.29) is 5.41 Å². The summed E-state index contributed by atoms with van der Waals surface area (Å²) in [6.07, 6.45) is 18.2. The molecule has 0 amide bonds. The van der Waals surface area contributed by atoms with E-state index >= 15 is 0 Å². The summed E-state index contributed by atoms with van der Waals surface area (Å²) in [7, 11) is 0. The first-order valence-electron chi connectivity index (χ1n) is 12.2. The van der Waals surface area contributed by atoms with Crippen LogP contribution in [0.2, 0.25) is 0 Å². The van der Waals surface area contributed by atoms with Crippen molar-refractivity contribution in [2.75, 3.05) is 0 Å². The number of rotatable bonds is 5. The molecule has 1 nitrogen and oxygen atoms in total. The van der Waals surface area contributed by atoms with E-state index < -0.39 is 0 Å². The normalized spacial score (nSPS) is 43.4. The average Bonchev–Trinajstić information content (AvgIpc) is 3.00. The average molecular weight is 383 g/mol. The third-order valence-electron chi connectivity index (χ3n) is 9.85. The lowest BCUT2D eigenvalue weighted by Gasteiger charge is -2.57. The molecule has 0 saturated heterocycles. The molecule has 0 aromatic rings. The van der Waals surface area contributed by atoms with Gasteiger partial charge in [-0.15, -0.1) is 0 Å². The molecule has 0 N–H and O–H groups in total. The second-order valence-electron chi connectivity index (χ2n) is 11.6. The van der Waals surface area contributed by atoms with E-state index in [0.717, 1.165) is 36.0 Å². The van der Waals surface area contributed by atoms with Gasteiger partial charge in [-0.1, -0.05) is 64.7 Å². The Hall–Kier alpha value is -0.850. The highest BCUT2D eigenvalue weighted by atomic mass is 16.1. The predicted molar refractivity (Wildman–Crippen MR) is 118 cm³/mol. The highest BCUT2D eigenvalue weighted by Crippen LogP contribution is 2.67. The van der Waals surface area contributed by atoms with E-state index in [1.54, 1.807) is 0 Å². The van der Waals surface area contributed by atoms with Crippen LogP contribution in [0.25, 0.3) is 0 Å². The van der Waals surface area contributed by atoms with E-state index in [2.05, 4.69) is 40.7 Å². The summed E-state index contributed by atoms with van der Waals surface area (Å²) in [4.78, 5) is 13.0. The zero-order chi connectivity index (χ0) is 20.1. The van der Waals surface area contributed by atoms with Crippen molar-refractivity contribution >= 4 is 5.78 Å². The van der Waals surface area contributed by atoms with Gasteiger partial charge in [-0.3, -0.25) is 4.79 Å². The molecule has 0 aromatic carbocycles. The Morgan fingerprint density at radius 2 is 1.82 bits per heavy atom. The van der Waals surface area contributed by atoms with E-state index in [9.17, 15) is 4.79 Å². The van der Waals surface area contributed by atoms with Crippen LogP contribution in [-0.4, -0.2) is 5.78 Å². The minimum atomic E-state index is -0.194. The maximum atomic E-state index is 13.0. The molecular formula is C27H42O. The van der Waals surface area contributed by atoms with Crippen molar-refractivity contribution < 1.29 is 4.79 Å². The number of hydrogen-bond acceptors (Lipinski definition) is 1. The van der Waals surface area contributed by atoms with Crippen LogP contribution < -0.4 is 0 Å². The topological polar surface area (TPSA) is 17.1 Å². The SMILES string of the molecule is CC(C)CCC[C@@H](C)[C@H]1CC[C@H]2[C@@H]3CCC4=CC=CC(=O)[C@]4(C)[C@H]3CC[C@]12C. The Morgan fingerprint density at radius 3 is 2.57 bits per heavy atom. The van der Waals surface area contributed by atoms with Crippen LogP contribution in [0.4, 0.5) is 0 Å². The molecule has 3 fully saturated rings. The van der Waals surface area contributed by atoms with E-state index in [1.807, 2.05) is 12.2 Å². The van der Waals surface area contributed by atoms with Gasteiger partial charge in [0.15, 0.2) is 5.78 Å². The zero-order valence-corrected chi connectivity index (χ0v) is 19.0. The number of carbonyl (C=O) groups is 1. The molecule has 7 atom stereocenters. The van der Waals surface area contributed by atoms with Gasteiger partial charge in [-0.05, 0) is 92.4 Å². The van der Waals surface area contributed by atoms with Crippen LogP contribution >= 0.6 is 0 Å². The Bertz CT molecular complexity index is 670. The molecule has 0 bridgehead atoms. The van der Waals surface area contributed by atoms with Crippen molar-refractivity contribution in [2.24, 2.45) is 46.3 Å². The number of hydrogen-bond donors (Lipinski definition) is 0. The van der Waals surface area contributed by atoms with Crippen LogP contribution in [0.1, 0.15) is 92.4 Å². The lowest BCUT2D eigenvalue weighted by molar-refractivity contribution is -0.131. The first-order valence-corrected chi connectivity index (χ1v) is 12.2. The molecule has 0 heterocycles. The number of ketones is 1. The van der Waals surface area contributed by atoms with Crippen LogP contribution in [0.15, 0.2) is 23.8 Å². The van der Waals surface area contributed by atoms with Gasteiger partial charge in [0.05, 0.1) is 5.41 Å². The van der Waals surface area contributed by atoms with Gasteiger partial charge in [0.2, 0.25) is 0 Å². The Kier molecular flexibility index (Phi) is 5.43. The van der Waals surface area contributed by atoms with E-state index in [1.165, 1.54) is 56.9 Å². The maximum Gasteiger partial charge on any atom is 0.165 e. The molecule has 0 unspecified atom stereocenters. The highest BCUT2D eigenvalue weighted by Gasteiger charge is 2.60. The summed E-state index contributed by atoms with van der Waals surface area (Å²) in [6.45, 7) is 12.2. The summed E-state index contributed by atoms with van der Waals surface area (Å²) in [5.41, 5.74) is 1.75. The monoisotopic (exact) mass is 382 g/mol. The third kappa shape index (κ3) is 3.07. The van der Waals surface area contributed by atoms with Crippen molar-refractivity contribution in [2.45, 2.75) is 92.4 Å². The van der Waals surface area contributed by atoms with Crippen LogP contribution in [-0.2, 0) is 4.79 Å². The fourth-order valence-corrected chi connectivity index (χ4v) is 8.27. The second kappa shape index (κ2) is 7.44. The van der Waals surface area contributed by atoms with Gasteiger partial charge in [-0.2, -0.15) is 0 Å². The van der Waals surface area contributed by atoms with Crippen LogP contribution in [0.3, 0.4) is 0 Å². The minimum absolute atomic E-state index is 0.194. The van der Waals surface area contributed by atoms with Crippen molar-refractivity contribution in [1.82, 2.24) is 0 Å². The molecule has 4 aliphatic rings. The molecule has 1 heteroatoms. The van der Waals surface area contributed by atoms with Gasteiger partial charge in [-0.25, -0.2) is 0 Å². The molecule has 0 aliphatic heterocycles. The summed E-state index contributed by atoms with van der Waals surface area (Å²) in [5, 5.41) is 0. The zero-order valence-electron chi connectivity index (χ0n) is 19.0. The Balaban J connectivity index is 1.51. The maximum absolute atomic E-state index is 13.0. The van der Waals surface area contributed by atoms with Crippen molar-refractivity contribution in [3.8, 4) is 0 Å². The molecule has 4 aliphatic carbocycles. The van der Waals surface area contributed by atoms with Gasteiger partial charge in [0.25, 0.3) is 0 Å². The molecule has 4 rings (SSSR count). The number of carbonyl (C=O) groups excluding carboxylic acids is 1. The molecule has 0 spiro atoms. The van der Waals surface area contributed by atoms with E-state index in [0.29, 0.717) is 17.1 Å². The van der Waals surface area contributed by atoms with Crippen molar-refractivity contribution in [3.63, 3.8) is 0 Å². The first kappa shape index (κ1) is 20.4. The minimum Gasteiger partial charge on any atom is -0.294 e. The fraction of sp³-hybridized carbons (Fsp3) is 0.815. The third-order valence-corrected chi connectivity index (χ3v) is 9.85. The number of fused-ring (bicyclic) bond motifs is 5. The Labute approximate surface area is 173 Å². The molecule has 28 heavy (non-hydrogen) atoms. The Morgan fingerprint density at radius 1 is 1.04 bits per heavy atom. The molecule has 0 aromatic heterocycles. The number of allylic oxidation sites excluding steroid dienone is 4.